The first-order valence-electron chi connectivity index (χ1n) is 10.5. The second kappa shape index (κ2) is 19.2. The highest BCUT2D eigenvalue weighted by atomic mass is 32.2. The van der Waals surface area contributed by atoms with Crippen molar-refractivity contribution in [1.29, 1.82) is 0 Å². The minimum Gasteiger partial charge on any atom is -0.481 e. The fraction of sp³-hybridized carbons (Fsp3) is 0.565. The van der Waals surface area contributed by atoms with E-state index in [2.05, 4.69) is 25.2 Å². The predicted molar refractivity (Wildman–Crippen MR) is 125 cm³/mol. The summed E-state index contributed by atoms with van der Waals surface area (Å²) in [5, 5.41) is 27.6. The highest BCUT2D eigenvalue weighted by Crippen LogP contribution is 2.21. The number of aliphatic carboxylic acids is 2. The van der Waals surface area contributed by atoms with E-state index in [1.807, 2.05) is 18.2 Å². The van der Waals surface area contributed by atoms with Gasteiger partial charge in [0.2, 0.25) is 0 Å². The van der Waals surface area contributed by atoms with E-state index in [1.165, 1.54) is 31.0 Å². The van der Waals surface area contributed by atoms with Crippen molar-refractivity contribution in [3.8, 4) is 0 Å². The molecule has 0 unspecified atom stereocenters. The summed E-state index contributed by atoms with van der Waals surface area (Å²) in [4.78, 5) is 21.5. The summed E-state index contributed by atoms with van der Waals surface area (Å²) in [7, 11) is 0. The molecule has 0 amide bonds. The van der Waals surface area contributed by atoms with E-state index in [-0.39, 0.29) is 17.4 Å². The summed E-state index contributed by atoms with van der Waals surface area (Å²) in [5.74, 6) is -1.83. The maximum atomic E-state index is 10.9. The second-order valence-electron chi connectivity index (χ2n) is 7.00. The smallest absolute Gasteiger partial charge is 0.321 e. The number of carboxylic acid groups (broad SMARTS) is 2. The lowest BCUT2D eigenvalue weighted by atomic mass is 10.1. The van der Waals surface area contributed by atoms with E-state index in [9.17, 15) is 14.7 Å². The van der Waals surface area contributed by atoms with Crippen LogP contribution in [0.5, 0.6) is 0 Å². The Morgan fingerprint density at radius 2 is 1.73 bits per heavy atom. The Morgan fingerprint density at radius 1 is 1.00 bits per heavy atom. The van der Waals surface area contributed by atoms with Crippen LogP contribution in [0.4, 0.5) is 0 Å². The lowest BCUT2D eigenvalue weighted by Crippen LogP contribution is -2.34. The molecule has 0 saturated heterocycles. The van der Waals surface area contributed by atoms with Crippen molar-refractivity contribution >= 4 is 23.7 Å². The van der Waals surface area contributed by atoms with Gasteiger partial charge in [-0.15, -0.1) is 11.8 Å². The maximum Gasteiger partial charge on any atom is 0.321 e. The number of hydrogen-bond acceptors (Lipinski definition) is 5. The molecule has 0 heterocycles. The number of rotatable bonds is 18. The molecule has 5 N–H and O–H groups in total. The van der Waals surface area contributed by atoms with Crippen molar-refractivity contribution in [1.82, 2.24) is 0 Å². The van der Waals surface area contributed by atoms with Crippen molar-refractivity contribution in [3.63, 3.8) is 0 Å². The van der Waals surface area contributed by atoms with Crippen LogP contribution in [0.1, 0.15) is 58.3 Å². The minimum absolute atomic E-state index is 0.00938. The van der Waals surface area contributed by atoms with Crippen LogP contribution in [-0.2, 0) is 9.59 Å². The molecular formula is C23H37NO5S. The lowest BCUT2D eigenvalue weighted by Gasteiger charge is -2.20. The van der Waals surface area contributed by atoms with Crippen molar-refractivity contribution in [3.05, 3.63) is 48.6 Å². The molecule has 0 aromatic rings. The summed E-state index contributed by atoms with van der Waals surface area (Å²) in [6.45, 7) is 2.19. The number of nitrogens with two attached hydrogens (primary N) is 1. The number of carboxylic acids is 2. The third-order valence-electron chi connectivity index (χ3n) is 4.24. The molecule has 0 rings (SSSR count). The van der Waals surface area contributed by atoms with E-state index >= 15 is 0 Å². The molecular weight excluding hydrogens is 402 g/mol. The van der Waals surface area contributed by atoms with E-state index < -0.39 is 24.1 Å². The maximum absolute atomic E-state index is 10.9. The number of carbonyl (C=O) groups is 2. The van der Waals surface area contributed by atoms with Crippen molar-refractivity contribution in [2.24, 2.45) is 5.73 Å². The summed E-state index contributed by atoms with van der Waals surface area (Å²) in [6, 6.07) is -1.01. The first-order chi connectivity index (χ1) is 14.4. The SMILES string of the molecule is CCCCC/C=C/C/C=C/C=C/C=C/[C@H](SC[C@H](N)C(=O)O)[C@H](O)CCCC(=O)O. The lowest BCUT2D eigenvalue weighted by molar-refractivity contribution is -0.138. The van der Waals surface area contributed by atoms with Gasteiger partial charge in [-0.25, -0.2) is 0 Å². The Bertz CT molecular complexity index is 586. The zero-order valence-corrected chi connectivity index (χ0v) is 18.7. The number of aliphatic hydroxyl groups is 1. The highest BCUT2D eigenvalue weighted by molar-refractivity contribution is 8.00. The van der Waals surface area contributed by atoms with Gasteiger partial charge in [0, 0.05) is 17.4 Å². The van der Waals surface area contributed by atoms with Crippen LogP contribution in [0, 0.1) is 0 Å². The standard InChI is InChI=1S/C23H37NO5S/c1-2-3-4-5-6-7-8-9-10-11-12-13-16-21(30-18-19(24)23(28)29)20(25)15-14-17-22(26)27/h6-7,9-13,16,19-21,25H,2-5,8,14-15,17-18,24H2,1H3,(H,26,27)(H,28,29)/b7-6+,10-9+,12-11+,16-13+/t19-,20+,21-/m0/s1. The van der Waals surface area contributed by atoms with Crippen molar-refractivity contribution in [2.75, 3.05) is 5.75 Å². The van der Waals surface area contributed by atoms with Gasteiger partial charge in [-0.05, 0) is 32.1 Å². The van der Waals surface area contributed by atoms with Gasteiger partial charge in [-0.3, -0.25) is 9.59 Å². The predicted octanol–water partition coefficient (Wildman–Crippen LogP) is 4.31. The zero-order chi connectivity index (χ0) is 22.6. The van der Waals surface area contributed by atoms with Crippen LogP contribution in [-0.4, -0.2) is 50.4 Å². The van der Waals surface area contributed by atoms with Gasteiger partial charge in [0.15, 0.2) is 0 Å². The monoisotopic (exact) mass is 439 g/mol. The van der Waals surface area contributed by atoms with Crippen molar-refractivity contribution < 1.29 is 24.9 Å². The molecule has 6 nitrogen and oxygen atoms in total. The van der Waals surface area contributed by atoms with Gasteiger partial charge in [0.05, 0.1) is 6.10 Å². The number of thioether (sulfide) groups is 1. The topological polar surface area (TPSA) is 121 Å². The first-order valence-corrected chi connectivity index (χ1v) is 11.6. The summed E-state index contributed by atoms with van der Waals surface area (Å²) in [6.07, 6.45) is 21.3. The fourth-order valence-corrected chi connectivity index (χ4v) is 3.60. The van der Waals surface area contributed by atoms with E-state index in [1.54, 1.807) is 12.2 Å². The first kappa shape index (κ1) is 28.2. The highest BCUT2D eigenvalue weighted by Gasteiger charge is 2.20. The van der Waals surface area contributed by atoms with Gasteiger partial charge in [0.1, 0.15) is 6.04 Å². The average molecular weight is 440 g/mol. The molecule has 0 saturated carbocycles. The zero-order valence-electron chi connectivity index (χ0n) is 17.9. The van der Waals surface area contributed by atoms with Gasteiger partial charge in [0.25, 0.3) is 0 Å². The average Bonchev–Trinajstić information content (AvgIpc) is 2.70. The van der Waals surface area contributed by atoms with E-state index in [0.29, 0.717) is 12.8 Å². The molecule has 30 heavy (non-hydrogen) atoms. The normalized spacial score (nSPS) is 15.4. The quantitative estimate of drug-likeness (QED) is 0.143. The Kier molecular flexibility index (Phi) is 18.0. The Labute approximate surface area is 184 Å². The van der Waals surface area contributed by atoms with Crippen LogP contribution in [0.25, 0.3) is 0 Å². The third kappa shape index (κ3) is 17.1. The van der Waals surface area contributed by atoms with Gasteiger partial charge < -0.3 is 21.1 Å². The Hall–Kier alpha value is -1.83. The molecule has 0 bridgehead atoms. The van der Waals surface area contributed by atoms with Crippen LogP contribution < -0.4 is 5.73 Å². The summed E-state index contributed by atoms with van der Waals surface area (Å²) in [5.41, 5.74) is 5.54. The van der Waals surface area contributed by atoms with E-state index in [4.69, 9.17) is 15.9 Å². The molecule has 0 aliphatic heterocycles. The summed E-state index contributed by atoms with van der Waals surface area (Å²) < 4.78 is 0. The van der Waals surface area contributed by atoms with Crippen molar-refractivity contribution in [2.45, 2.75) is 75.7 Å². The third-order valence-corrected chi connectivity index (χ3v) is 5.65. The number of allylic oxidation sites excluding steroid dienone is 7. The summed E-state index contributed by atoms with van der Waals surface area (Å²) >= 11 is 1.26. The van der Waals surface area contributed by atoms with Crippen LogP contribution in [0.15, 0.2) is 48.6 Å². The van der Waals surface area contributed by atoms with E-state index in [0.717, 1.165) is 12.8 Å². The van der Waals surface area contributed by atoms with Gasteiger partial charge >= 0.3 is 11.9 Å². The Balaban J connectivity index is 4.51. The largest absolute Gasteiger partial charge is 0.481 e. The number of aliphatic hydroxyl groups excluding tert-OH is 1. The fourth-order valence-electron chi connectivity index (χ4n) is 2.47. The molecule has 0 spiro atoms. The number of unbranched alkanes of at least 4 members (excludes halogenated alkanes) is 3. The molecule has 3 atom stereocenters. The number of hydrogen-bond donors (Lipinski definition) is 4. The molecule has 0 aliphatic rings. The van der Waals surface area contributed by atoms with Crippen LogP contribution >= 0.6 is 11.8 Å². The molecule has 0 aliphatic carbocycles. The molecule has 0 aromatic heterocycles. The molecule has 0 fully saturated rings. The van der Waals surface area contributed by atoms with Crippen LogP contribution in [0.2, 0.25) is 0 Å². The second-order valence-corrected chi connectivity index (χ2v) is 8.21. The van der Waals surface area contributed by atoms with Crippen LogP contribution in [0.3, 0.4) is 0 Å². The molecule has 170 valence electrons. The molecule has 0 radical (unpaired) electrons. The molecule has 0 aromatic carbocycles. The van der Waals surface area contributed by atoms with Gasteiger partial charge in [-0.1, -0.05) is 68.4 Å². The Morgan fingerprint density at radius 3 is 2.40 bits per heavy atom. The van der Waals surface area contributed by atoms with Gasteiger partial charge in [-0.2, -0.15) is 0 Å². The molecule has 7 heteroatoms. The minimum atomic E-state index is -1.09.